The fourth-order valence-electron chi connectivity index (χ4n) is 3.10. The van der Waals surface area contributed by atoms with E-state index in [1.165, 1.54) is 0 Å². The average Bonchev–Trinajstić information content (AvgIpc) is 3.23. The van der Waals surface area contributed by atoms with Crippen LogP contribution in [0.1, 0.15) is 43.7 Å². The molecule has 0 aliphatic heterocycles. The van der Waals surface area contributed by atoms with E-state index in [2.05, 4.69) is 34.7 Å². The molecule has 0 bridgehead atoms. The number of benzene rings is 2. The van der Waals surface area contributed by atoms with Crippen LogP contribution in [0.25, 0.3) is 0 Å². The molecule has 1 heterocycles. The maximum Gasteiger partial charge on any atom is 0.254 e. The van der Waals surface area contributed by atoms with Gasteiger partial charge in [-0.2, -0.15) is 5.10 Å². The summed E-state index contributed by atoms with van der Waals surface area (Å²) in [6.07, 6.45) is -1.34. The molecule has 0 aliphatic carbocycles. The van der Waals surface area contributed by atoms with Crippen molar-refractivity contribution in [1.29, 1.82) is 0 Å². The zero-order valence-electron chi connectivity index (χ0n) is 17.2. The Morgan fingerprint density at radius 1 is 1.00 bits per heavy atom. The molecule has 30 heavy (non-hydrogen) atoms. The van der Waals surface area contributed by atoms with Gasteiger partial charge in [-0.05, 0) is 18.1 Å². The summed E-state index contributed by atoms with van der Waals surface area (Å²) >= 11 is 0. The molecule has 0 saturated heterocycles. The second kappa shape index (κ2) is 8.92. The van der Waals surface area contributed by atoms with Gasteiger partial charge in [0.25, 0.3) is 5.91 Å². The maximum atomic E-state index is 12.5. The van der Waals surface area contributed by atoms with Crippen molar-refractivity contribution in [3.63, 3.8) is 0 Å². The first-order valence-electron chi connectivity index (χ1n) is 9.74. The number of aromatic amines is 1. The highest BCUT2D eigenvalue weighted by Gasteiger charge is 2.26. The first-order valence-corrected chi connectivity index (χ1v) is 9.74. The van der Waals surface area contributed by atoms with Gasteiger partial charge in [-0.3, -0.25) is 14.7 Å². The smallest absolute Gasteiger partial charge is 0.254 e. The van der Waals surface area contributed by atoms with Gasteiger partial charge in [-0.1, -0.05) is 74.5 Å². The summed E-state index contributed by atoms with van der Waals surface area (Å²) in [6, 6.07) is 19.5. The van der Waals surface area contributed by atoms with Gasteiger partial charge in [-0.15, -0.1) is 0 Å². The summed E-state index contributed by atoms with van der Waals surface area (Å²) in [5.41, 5.74) is 2.10. The highest BCUT2D eigenvalue weighted by atomic mass is 16.3. The lowest BCUT2D eigenvalue weighted by molar-refractivity contribution is -0.132. The van der Waals surface area contributed by atoms with E-state index in [-0.39, 0.29) is 5.41 Å². The molecule has 0 radical (unpaired) electrons. The van der Waals surface area contributed by atoms with Crippen molar-refractivity contribution in [3.8, 4) is 0 Å². The van der Waals surface area contributed by atoms with E-state index in [1.54, 1.807) is 43.3 Å². The Morgan fingerprint density at radius 3 is 2.23 bits per heavy atom. The fourth-order valence-corrected chi connectivity index (χ4v) is 3.10. The number of aliphatic hydroxyl groups is 1. The topological polar surface area (TPSA) is 107 Å². The molecule has 4 N–H and O–H groups in total. The summed E-state index contributed by atoms with van der Waals surface area (Å²) in [6.45, 7) is 5.68. The SMILES string of the molecule is CC(NC(=O)C(O)c1ccccc1)C(=O)Nc1cc(C(C)(C)c2ccccc2)[nH]n1. The van der Waals surface area contributed by atoms with Crippen LogP contribution in [0.3, 0.4) is 0 Å². The van der Waals surface area contributed by atoms with Crippen LogP contribution in [-0.4, -0.2) is 33.2 Å². The minimum Gasteiger partial charge on any atom is -0.378 e. The van der Waals surface area contributed by atoms with Gasteiger partial charge in [0.2, 0.25) is 5.91 Å². The molecule has 7 heteroatoms. The zero-order valence-corrected chi connectivity index (χ0v) is 17.2. The normalized spacial score (nSPS) is 13.3. The molecule has 1 aromatic heterocycles. The van der Waals surface area contributed by atoms with Crippen LogP contribution < -0.4 is 10.6 Å². The van der Waals surface area contributed by atoms with E-state index in [9.17, 15) is 14.7 Å². The van der Waals surface area contributed by atoms with Crippen LogP contribution in [-0.2, 0) is 15.0 Å². The van der Waals surface area contributed by atoms with Crippen molar-refractivity contribution in [1.82, 2.24) is 15.5 Å². The number of carbonyl (C=O) groups excluding carboxylic acids is 2. The van der Waals surface area contributed by atoms with Crippen molar-refractivity contribution < 1.29 is 14.7 Å². The van der Waals surface area contributed by atoms with Gasteiger partial charge in [0.1, 0.15) is 6.04 Å². The Kier molecular flexibility index (Phi) is 6.32. The standard InChI is InChI=1S/C23H26N4O3/c1-15(24-22(30)20(28)16-10-6-4-7-11-16)21(29)25-19-14-18(26-27-19)23(2,3)17-12-8-5-9-13-17/h4-15,20,28H,1-3H3,(H,24,30)(H2,25,26,27,29). The van der Waals surface area contributed by atoms with Crippen molar-refractivity contribution in [2.24, 2.45) is 0 Å². The summed E-state index contributed by atoms with van der Waals surface area (Å²) in [7, 11) is 0. The first kappa shape index (κ1) is 21.3. The zero-order chi connectivity index (χ0) is 21.7. The number of rotatable bonds is 7. The third-order valence-corrected chi connectivity index (χ3v) is 5.11. The van der Waals surface area contributed by atoms with Crippen LogP contribution in [0.4, 0.5) is 5.82 Å². The molecular weight excluding hydrogens is 380 g/mol. The predicted octanol–water partition coefficient (Wildman–Crippen LogP) is 2.91. The lowest BCUT2D eigenvalue weighted by Crippen LogP contribution is -2.43. The Morgan fingerprint density at radius 2 is 1.60 bits per heavy atom. The number of hydrogen-bond donors (Lipinski definition) is 4. The van der Waals surface area contributed by atoms with E-state index < -0.39 is 24.0 Å². The molecule has 2 amide bonds. The van der Waals surface area contributed by atoms with Crippen LogP contribution in [0.2, 0.25) is 0 Å². The predicted molar refractivity (Wildman–Crippen MR) is 115 cm³/mol. The molecule has 0 saturated carbocycles. The van der Waals surface area contributed by atoms with Gasteiger partial charge < -0.3 is 15.7 Å². The van der Waals surface area contributed by atoms with Crippen molar-refractivity contribution >= 4 is 17.6 Å². The number of carbonyl (C=O) groups is 2. The quantitative estimate of drug-likeness (QED) is 0.484. The molecule has 0 fully saturated rings. The Bertz CT molecular complexity index is 1000. The Hall–Kier alpha value is -3.45. The third kappa shape index (κ3) is 4.75. The minimum atomic E-state index is -1.34. The van der Waals surface area contributed by atoms with Gasteiger partial charge >= 0.3 is 0 Å². The summed E-state index contributed by atoms with van der Waals surface area (Å²) in [5, 5.41) is 22.5. The van der Waals surface area contributed by atoms with E-state index in [4.69, 9.17) is 0 Å². The average molecular weight is 406 g/mol. The molecule has 0 spiro atoms. The molecule has 2 atom stereocenters. The summed E-state index contributed by atoms with van der Waals surface area (Å²) in [5.74, 6) is -0.709. The number of anilines is 1. The first-order chi connectivity index (χ1) is 14.3. The molecule has 3 aromatic rings. The monoisotopic (exact) mass is 406 g/mol. The molecule has 156 valence electrons. The summed E-state index contributed by atoms with van der Waals surface area (Å²) in [4.78, 5) is 24.7. The molecule has 7 nitrogen and oxygen atoms in total. The fraction of sp³-hybridized carbons (Fsp3) is 0.261. The van der Waals surface area contributed by atoms with Crippen molar-refractivity contribution in [2.75, 3.05) is 5.32 Å². The highest BCUT2D eigenvalue weighted by Crippen LogP contribution is 2.30. The second-order valence-corrected chi connectivity index (χ2v) is 7.69. The Balaban J connectivity index is 1.61. The van der Waals surface area contributed by atoms with E-state index in [0.29, 0.717) is 11.4 Å². The van der Waals surface area contributed by atoms with Crippen LogP contribution in [0.15, 0.2) is 66.7 Å². The lowest BCUT2D eigenvalue weighted by Gasteiger charge is -2.23. The van der Waals surface area contributed by atoms with Gasteiger partial charge in [0.05, 0.1) is 0 Å². The van der Waals surface area contributed by atoms with Gasteiger partial charge in [-0.25, -0.2) is 0 Å². The van der Waals surface area contributed by atoms with Crippen LogP contribution in [0, 0.1) is 0 Å². The highest BCUT2D eigenvalue weighted by molar-refractivity contribution is 5.97. The van der Waals surface area contributed by atoms with Gasteiger partial charge in [0.15, 0.2) is 11.9 Å². The number of hydrogen-bond acceptors (Lipinski definition) is 4. The number of aromatic nitrogens is 2. The summed E-state index contributed by atoms with van der Waals surface area (Å²) < 4.78 is 0. The van der Waals surface area contributed by atoms with Crippen molar-refractivity contribution in [2.45, 2.75) is 38.3 Å². The van der Waals surface area contributed by atoms with E-state index in [1.807, 2.05) is 30.3 Å². The van der Waals surface area contributed by atoms with Crippen LogP contribution in [0.5, 0.6) is 0 Å². The second-order valence-electron chi connectivity index (χ2n) is 7.69. The number of aliphatic hydroxyl groups excluding tert-OH is 1. The molecule has 2 aromatic carbocycles. The van der Waals surface area contributed by atoms with Crippen molar-refractivity contribution in [3.05, 3.63) is 83.6 Å². The molecule has 0 aliphatic rings. The number of amides is 2. The van der Waals surface area contributed by atoms with E-state index >= 15 is 0 Å². The lowest BCUT2D eigenvalue weighted by atomic mass is 9.82. The molecular formula is C23H26N4O3. The number of nitrogens with zero attached hydrogens (tertiary/aromatic N) is 1. The number of nitrogens with one attached hydrogen (secondary N) is 3. The molecule has 3 rings (SSSR count). The van der Waals surface area contributed by atoms with Crippen LogP contribution >= 0.6 is 0 Å². The minimum absolute atomic E-state index is 0.323. The maximum absolute atomic E-state index is 12.5. The largest absolute Gasteiger partial charge is 0.378 e. The van der Waals surface area contributed by atoms with E-state index in [0.717, 1.165) is 11.3 Å². The van der Waals surface area contributed by atoms with Gasteiger partial charge in [0, 0.05) is 17.2 Å². The Labute approximate surface area is 175 Å². The third-order valence-electron chi connectivity index (χ3n) is 5.11. The number of H-pyrrole nitrogens is 1. The molecule has 2 unspecified atom stereocenters.